The molecule has 6 rings (SSSR count). The van der Waals surface area contributed by atoms with Crippen molar-refractivity contribution >= 4 is 21.4 Å². The number of ether oxygens (including phenoxy) is 2. The largest absolute Gasteiger partial charge is 0.471 e. The number of rotatable bonds is 7. The minimum absolute atomic E-state index is 0.0348. The van der Waals surface area contributed by atoms with Gasteiger partial charge in [-0.2, -0.15) is 15.2 Å². The van der Waals surface area contributed by atoms with E-state index >= 15 is 0 Å². The molecule has 1 unspecified atom stereocenters. The van der Waals surface area contributed by atoms with Crippen LogP contribution in [-0.2, 0) is 14.6 Å². The van der Waals surface area contributed by atoms with Gasteiger partial charge in [0.1, 0.15) is 6.10 Å². The maximum absolute atomic E-state index is 12.4. The lowest BCUT2D eigenvalue weighted by molar-refractivity contribution is 0.0963. The summed E-state index contributed by atoms with van der Waals surface area (Å²) in [6.45, 7) is 1.10. The van der Waals surface area contributed by atoms with Gasteiger partial charge in [-0.25, -0.2) is 12.9 Å². The van der Waals surface area contributed by atoms with Crippen molar-refractivity contribution in [2.75, 3.05) is 26.5 Å². The van der Waals surface area contributed by atoms with E-state index in [9.17, 15) is 13.2 Å². The van der Waals surface area contributed by atoms with Crippen LogP contribution in [0.1, 0.15) is 42.1 Å². The molecule has 3 aromatic heterocycles. The topological polar surface area (TPSA) is 130 Å². The Balaban J connectivity index is 1.49. The smallest absolute Gasteiger partial charge is 0.251 e. The Morgan fingerprint density at radius 1 is 1.08 bits per heavy atom. The lowest BCUT2D eigenvalue weighted by Crippen LogP contribution is -2.18. The van der Waals surface area contributed by atoms with Crippen molar-refractivity contribution in [3.8, 4) is 28.1 Å². The van der Waals surface area contributed by atoms with Crippen molar-refractivity contribution in [1.29, 1.82) is 0 Å². The van der Waals surface area contributed by atoms with E-state index in [0.717, 1.165) is 36.6 Å². The third-order valence-corrected chi connectivity index (χ3v) is 8.21. The fraction of sp³-hybridized carbons (Fsp3) is 0.385. The molecule has 1 saturated heterocycles. The zero-order valence-electron chi connectivity index (χ0n) is 21.1. The van der Waals surface area contributed by atoms with Crippen LogP contribution in [0.15, 0.2) is 47.9 Å². The number of carbonyl (C=O) groups is 1. The minimum atomic E-state index is -3.58. The van der Waals surface area contributed by atoms with Crippen molar-refractivity contribution in [2.24, 2.45) is 0 Å². The number of nitrogens with zero attached hydrogens (tertiary/aromatic N) is 5. The highest BCUT2D eigenvalue weighted by molar-refractivity contribution is 7.90. The van der Waals surface area contributed by atoms with E-state index in [2.05, 4.69) is 15.5 Å². The summed E-state index contributed by atoms with van der Waals surface area (Å²) in [5.41, 5.74) is 3.41. The highest BCUT2D eigenvalue weighted by Gasteiger charge is 2.25. The minimum Gasteiger partial charge on any atom is -0.471 e. The van der Waals surface area contributed by atoms with E-state index in [1.54, 1.807) is 16.8 Å². The van der Waals surface area contributed by atoms with Crippen LogP contribution >= 0.6 is 0 Å². The van der Waals surface area contributed by atoms with E-state index < -0.39 is 15.7 Å². The number of hydrogen-bond donors (Lipinski definition) is 1. The van der Waals surface area contributed by atoms with E-state index in [0.29, 0.717) is 41.9 Å². The molecule has 1 atom stereocenters. The molecule has 4 heterocycles. The van der Waals surface area contributed by atoms with Crippen molar-refractivity contribution in [3.05, 3.63) is 48.5 Å². The Morgan fingerprint density at radius 3 is 2.61 bits per heavy atom. The van der Waals surface area contributed by atoms with Gasteiger partial charge in [-0.15, -0.1) is 0 Å². The molecular weight excluding hydrogens is 508 g/mol. The summed E-state index contributed by atoms with van der Waals surface area (Å²) in [6, 6.07) is 4.95. The number of amides is 1. The Morgan fingerprint density at radius 2 is 1.92 bits per heavy atom. The third kappa shape index (κ3) is 4.54. The molecule has 4 aromatic rings. The van der Waals surface area contributed by atoms with Crippen LogP contribution in [0.4, 0.5) is 0 Å². The SMILES string of the molecule is CNC(=O)c1cc(-c2cnn3cc(-c4cnn(C5CCC5)c4)c(OC4CCOC4)nc23)cc(S(C)(=O)=O)c1. The van der Waals surface area contributed by atoms with Gasteiger partial charge in [0.25, 0.3) is 5.91 Å². The molecule has 12 heteroatoms. The molecule has 1 aliphatic carbocycles. The first-order chi connectivity index (χ1) is 18.3. The fourth-order valence-electron chi connectivity index (χ4n) is 4.72. The average Bonchev–Trinajstić information content (AvgIpc) is 3.63. The third-order valence-electron chi connectivity index (χ3n) is 7.12. The first-order valence-corrected chi connectivity index (χ1v) is 14.4. The van der Waals surface area contributed by atoms with Gasteiger partial charge < -0.3 is 14.8 Å². The van der Waals surface area contributed by atoms with E-state index in [1.807, 2.05) is 23.3 Å². The normalized spacial score (nSPS) is 18.0. The second-order valence-electron chi connectivity index (χ2n) is 9.78. The van der Waals surface area contributed by atoms with Crippen LogP contribution in [0.5, 0.6) is 5.88 Å². The molecule has 0 radical (unpaired) electrons. The first-order valence-electron chi connectivity index (χ1n) is 12.5. The Labute approximate surface area is 219 Å². The fourth-order valence-corrected chi connectivity index (χ4v) is 5.41. The molecule has 0 bridgehead atoms. The van der Waals surface area contributed by atoms with Crippen molar-refractivity contribution < 1.29 is 22.7 Å². The highest BCUT2D eigenvalue weighted by atomic mass is 32.2. The van der Waals surface area contributed by atoms with E-state index in [1.165, 1.54) is 25.6 Å². The first kappa shape index (κ1) is 24.6. The molecule has 1 N–H and O–H groups in total. The number of benzene rings is 1. The second-order valence-corrected chi connectivity index (χ2v) is 11.8. The summed E-state index contributed by atoms with van der Waals surface area (Å²) in [5, 5.41) is 11.6. The van der Waals surface area contributed by atoms with E-state index in [-0.39, 0.29) is 16.6 Å². The predicted molar refractivity (Wildman–Crippen MR) is 139 cm³/mol. The summed E-state index contributed by atoms with van der Waals surface area (Å²) in [7, 11) is -2.08. The summed E-state index contributed by atoms with van der Waals surface area (Å²) in [5.74, 6) is 0.0332. The van der Waals surface area contributed by atoms with Gasteiger partial charge in [0.05, 0.1) is 42.1 Å². The van der Waals surface area contributed by atoms with Crippen LogP contribution in [-0.4, -0.2) is 71.3 Å². The molecule has 0 spiro atoms. The zero-order valence-corrected chi connectivity index (χ0v) is 21.9. The van der Waals surface area contributed by atoms with Gasteiger partial charge in [-0.3, -0.25) is 9.48 Å². The number of fused-ring (bicyclic) bond motifs is 1. The van der Waals surface area contributed by atoms with Crippen LogP contribution in [0.3, 0.4) is 0 Å². The van der Waals surface area contributed by atoms with Gasteiger partial charge >= 0.3 is 0 Å². The average molecular weight is 537 g/mol. The number of nitrogens with one attached hydrogen (secondary N) is 1. The van der Waals surface area contributed by atoms with Gasteiger partial charge in [0.15, 0.2) is 15.5 Å². The van der Waals surface area contributed by atoms with E-state index in [4.69, 9.17) is 14.5 Å². The summed E-state index contributed by atoms with van der Waals surface area (Å²) in [6.07, 6.45) is 12.5. The van der Waals surface area contributed by atoms with Crippen LogP contribution in [0.25, 0.3) is 27.9 Å². The molecule has 1 saturated carbocycles. The molecule has 1 amide bonds. The molecule has 38 heavy (non-hydrogen) atoms. The van der Waals surface area contributed by atoms with Crippen molar-refractivity contribution in [2.45, 2.75) is 42.7 Å². The Kier molecular flexibility index (Phi) is 6.15. The van der Waals surface area contributed by atoms with Crippen LogP contribution < -0.4 is 10.1 Å². The number of carbonyl (C=O) groups excluding carboxylic acids is 1. The molecular formula is C26H28N6O5S. The molecule has 1 aliphatic heterocycles. The molecule has 2 aliphatic rings. The van der Waals surface area contributed by atoms with Crippen LogP contribution in [0, 0.1) is 0 Å². The summed E-state index contributed by atoms with van der Waals surface area (Å²) in [4.78, 5) is 17.3. The second kappa shape index (κ2) is 9.52. The van der Waals surface area contributed by atoms with Gasteiger partial charge in [-0.1, -0.05) is 0 Å². The lowest BCUT2D eigenvalue weighted by Gasteiger charge is -2.25. The summed E-state index contributed by atoms with van der Waals surface area (Å²) >= 11 is 0. The van der Waals surface area contributed by atoms with Crippen molar-refractivity contribution in [1.82, 2.24) is 29.7 Å². The van der Waals surface area contributed by atoms with Crippen molar-refractivity contribution in [3.63, 3.8) is 0 Å². The highest BCUT2D eigenvalue weighted by Crippen LogP contribution is 2.36. The Bertz CT molecular complexity index is 1630. The molecule has 1 aromatic carbocycles. The maximum atomic E-state index is 12.4. The Hall–Kier alpha value is -3.77. The van der Waals surface area contributed by atoms with Gasteiger partial charge in [0.2, 0.25) is 5.88 Å². The standard InChI is InChI=1S/C26H28N6O5S/c1-27-25(33)17-8-16(9-21(10-17)38(2,34)35)22-12-29-32-14-23(18-11-28-31(13-18)19-4-3-5-19)26(30-24(22)32)37-20-6-7-36-15-20/h8-14,19-20H,3-7,15H2,1-2H3,(H,27,33). The predicted octanol–water partition coefficient (Wildman–Crippen LogP) is 2.92. The summed E-state index contributed by atoms with van der Waals surface area (Å²) < 4.78 is 40.3. The quantitative estimate of drug-likeness (QED) is 0.382. The zero-order chi connectivity index (χ0) is 26.4. The van der Waals surface area contributed by atoms with Gasteiger partial charge in [-0.05, 0) is 43.0 Å². The monoisotopic (exact) mass is 536 g/mol. The maximum Gasteiger partial charge on any atom is 0.251 e. The number of aromatic nitrogens is 5. The van der Waals surface area contributed by atoms with Crippen LogP contribution in [0.2, 0.25) is 0 Å². The molecule has 2 fully saturated rings. The number of hydrogen-bond acceptors (Lipinski definition) is 8. The lowest BCUT2D eigenvalue weighted by atomic mass is 9.93. The van der Waals surface area contributed by atoms with Gasteiger partial charge in [0, 0.05) is 48.8 Å². The molecule has 11 nitrogen and oxygen atoms in total. The number of sulfone groups is 1. The molecule has 198 valence electrons.